The SMILES string of the molecule is Cc1ccc(C2NNC3C(=O)N(c4ccc(Cl)cc4)C(c4cccc(O)c4)C32)cc1. The van der Waals surface area contributed by atoms with Gasteiger partial charge in [0, 0.05) is 16.6 Å². The third-order valence-corrected chi connectivity index (χ3v) is 6.32. The fourth-order valence-corrected chi connectivity index (χ4v) is 4.79. The monoisotopic (exact) mass is 419 g/mol. The summed E-state index contributed by atoms with van der Waals surface area (Å²) in [6.07, 6.45) is 0. The van der Waals surface area contributed by atoms with Crippen LogP contribution in [0.4, 0.5) is 5.69 Å². The van der Waals surface area contributed by atoms with E-state index in [9.17, 15) is 9.90 Å². The molecule has 0 bridgehead atoms. The van der Waals surface area contributed by atoms with E-state index >= 15 is 0 Å². The Morgan fingerprint density at radius 1 is 0.900 bits per heavy atom. The van der Waals surface area contributed by atoms with Crippen LogP contribution in [-0.2, 0) is 4.79 Å². The van der Waals surface area contributed by atoms with Crippen molar-refractivity contribution >= 4 is 23.2 Å². The van der Waals surface area contributed by atoms with Crippen LogP contribution < -0.4 is 15.8 Å². The normalized spacial score (nSPS) is 25.5. The van der Waals surface area contributed by atoms with Gasteiger partial charge in [0.15, 0.2) is 0 Å². The number of amides is 1. The van der Waals surface area contributed by atoms with E-state index in [1.165, 1.54) is 5.56 Å². The van der Waals surface area contributed by atoms with Gasteiger partial charge in [-0.25, -0.2) is 10.9 Å². The molecule has 5 nitrogen and oxygen atoms in total. The summed E-state index contributed by atoms with van der Waals surface area (Å²) in [7, 11) is 0. The molecule has 2 heterocycles. The van der Waals surface area contributed by atoms with Crippen molar-refractivity contribution in [3.8, 4) is 5.75 Å². The summed E-state index contributed by atoms with van der Waals surface area (Å²) < 4.78 is 0. The van der Waals surface area contributed by atoms with Crippen molar-refractivity contribution in [3.63, 3.8) is 0 Å². The Morgan fingerprint density at radius 2 is 1.60 bits per heavy atom. The van der Waals surface area contributed by atoms with Crippen LogP contribution in [0.3, 0.4) is 0 Å². The molecule has 0 aliphatic carbocycles. The third kappa shape index (κ3) is 3.16. The molecule has 30 heavy (non-hydrogen) atoms. The van der Waals surface area contributed by atoms with Gasteiger partial charge in [-0.3, -0.25) is 4.79 Å². The number of aryl methyl sites for hydroxylation is 1. The molecule has 0 saturated carbocycles. The number of aromatic hydroxyl groups is 1. The highest BCUT2D eigenvalue weighted by atomic mass is 35.5. The van der Waals surface area contributed by atoms with Crippen molar-refractivity contribution < 1.29 is 9.90 Å². The number of benzene rings is 3. The first-order valence-electron chi connectivity index (χ1n) is 9.98. The van der Waals surface area contributed by atoms with Gasteiger partial charge < -0.3 is 10.0 Å². The van der Waals surface area contributed by atoms with Crippen molar-refractivity contribution in [2.24, 2.45) is 5.92 Å². The molecule has 2 aliphatic rings. The first kappa shape index (κ1) is 19.1. The molecule has 3 N–H and O–H groups in total. The Hall–Kier alpha value is -2.86. The molecule has 0 radical (unpaired) electrons. The van der Waals surface area contributed by atoms with Crippen LogP contribution in [0.15, 0.2) is 72.8 Å². The first-order valence-corrected chi connectivity index (χ1v) is 10.4. The minimum atomic E-state index is -0.376. The van der Waals surface area contributed by atoms with Gasteiger partial charge in [0.2, 0.25) is 5.91 Å². The summed E-state index contributed by atoms with van der Waals surface area (Å²) in [6, 6.07) is 22.2. The molecule has 4 atom stereocenters. The van der Waals surface area contributed by atoms with Crippen LogP contribution in [0.5, 0.6) is 5.75 Å². The number of anilines is 1. The second-order valence-corrected chi connectivity index (χ2v) is 8.39. The molecule has 1 amide bonds. The number of carbonyl (C=O) groups is 1. The zero-order valence-corrected chi connectivity index (χ0v) is 17.2. The maximum Gasteiger partial charge on any atom is 0.246 e. The summed E-state index contributed by atoms with van der Waals surface area (Å²) in [5.41, 5.74) is 10.6. The molecule has 4 unspecified atom stereocenters. The van der Waals surface area contributed by atoms with Crippen LogP contribution in [0.1, 0.15) is 28.8 Å². The van der Waals surface area contributed by atoms with E-state index in [1.54, 1.807) is 24.3 Å². The molecule has 0 aromatic heterocycles. The smallest absolute Gasteiger partial charge is 0.246 e. The van der Waals surface area contributed by atoms with Gasteiger partial charge in [-0.2, -0.15) is 0 Å². The average Bonchev–Trinajstić information content (AvgIpc) is 3.28. The van der Waals surface area contributed by atoms with Crippen LogP contribution in [-0.4, -0.2) is 17.1 Å². The van der Waals surface area contributed by atoms with Gasteiger partial charge >= 0.3 is 0 Å². The van der Waals surface area contributed by atoms with Gasteiger partial charge in [0.05, 0.1) is 12.1 Å². The standard InChI is InChI=1S/C24H22ClN3O2/c1-14-5-7-15(8-6-14)21-20-22(27-26-21)24(30)28(18-11-9-17(25)10-12-18)23(20)16-3-2-4-19(29)13-16/h2-13,20-23,26-27,29H,1H3. The van der Waals surface area contributed by atoms with Gasteiger partial charge in [-0.05, 0) is 54.4 Å². The summed E-state index contributed by atoms with van der Waals surface area (Å²) in [4.78, 5) is 15.3. The van der Waals surface area contributed by atoms with Gasteiger partial charge in [0.25, 0.3) is 0 Å². The summed E-state index contributed by atoms with van der Waals surface area (Å²) >= 11 is 6.08. The van der Waals surface area contributed by atoms with E-state index in [1.807, 2.05) is 29.2 Å². The Labute approximate surface area is 180 Å². The number of phenols is 1. The molecule has 3 aromatic carbocycles. The minimum absolute atomic E-state index is 0.00206. The van der Waals surface area contributed by atoms with Crippen molar-refractivity contribution in [2.45, 2.75) is 25.0 Å². The summed E-state index contributed by atoms with van der Waals surface area (Å²) in [5.74, 6) is 0.126. The number of hydrogen-bond acceptors (Lipinski definition) is 4. The lowest BCUT2D eigenvalue weighted by molar-refractivity contribution is -0.119. The summed E-state index contributed by atoms with van der Waals surface area (Å²) in [6.45, 7) is 2.06. The van der Waals surface area contributed by atoms with Gasteiger partial charge in [-0.15, -0.1) is 0 Å². The van der Waals surface area contributed by atoms with Crippen molar-refractivity contribution in [3.05, 3.63) is 94.5 Å². The molecule has 2 saturated heterocycles. The fraction of sp³-hybridized carbons (Fsp3) is 0.208. The van der Waals surface area contributed by atoms with Gasteiger partial charge in [0.1, 0.15) is 11.8 Å². The number of hydrazine groups is 1. The molecule has 3 aromatic rings. The minimum Gasteiger partial charge on any atom is -0.508 e. The van der Waals surface area contributed by atoms with Crippen LogP contribution in [0.25, 0.3) is 0 Å². The number of carbonyl (C=O) groups excluding carboxylic acids is 1. The number of halogens is 1. The Morgan fingerprint density at radius 3 is 2.30 bits per heavy atom. The van der Waals surface area contributed by atoms with Crippen LogP contribution >= 0.6 is 11.6 Å². The first-order chi connectivity index (χ1) is 14.5. The van der Waals surface area contributed by atoms with Crippen LogP contribution in [0, 0.1) is 12.8 Å². The highest BCUT2D eigenvalue weighted by Crippen LogP contribution is 2.49. The predicted octanol–water partition coefficient (Wildman–Crippen LogP) is 4.28. The quantitative estimate of drug-likeness (QED) is 0.593. The third-order valence-electron chi connectivity index (χ3n) is 6.06. The van der Waals surface area contributed by atoms with E-state index in [4.69, 9.17) is 11.6 Å². The van der Waals surface area contributed by atoms with E-state index in [2.05, 4.69) is 42.0 Å². The molecule has 152 valence electrons. The fourth-order valence-electron chi connectivity index (χ4n) is 4.66. The number of fused-ring (bicyclic) bond motifs is 1. The number of nitrogens with zero attached hydrogens (tertiary/aromatic N) is 1. The lowest BCUT2D eigenvalue weighted by Gasteiger charge is -2.31. The second kappa shape index (κ2) is 7.43. The van der Waals surface area contributed by atoms with E-state index in [-0.39, 0.29) is 35.7 Å². The zero-order chi connectivity index (χ0) is 20.8. The van der Waals surface area contributed by atoms with E-state index < -0.39 is 0 Å². The molecule has 5 rings (SSSR count). The zero-order valence-electron chi connectivity index (χ0n) is 16.4. The molecular formula is C24H22ClN3O2. The van der Waals surface area contributed by atoms with Crippen molar-refractivity contribution in [2.75, 3.05) is 4.90 Å². The molecule has 0 spiro atoms. The molecule has 2 aliphatic heterocycles. The Kier molecular flexibility index (Phi) is 4.74. The summed E-state index contributed by atoms with van der Waals surface area (Å²) in [5, 5.41) is 10.8. The predicted molar refractivity (Wildman–Crippen MR) is 117 cm³/mol. The largest absolute Gasteiger partial charge is 0.508 e. The Balaban J connectivity index is 1.63. The maximum atomic E-state index is 13.5. The number of phenolic OH excluding ortho intramolecular Hbond substituents is 1. The molecular weight excluding hydrogens is 398 g/mol. The number of nitrogens with one attached hydrogen (secondary N) is 2. The Bertz CT molecular complexity index is 1080. The van der Waals surface area contributed by atoms with Gasteiger partial charge in [-0.1, -0.05) is 53.6 Å². The highest BCUT2D eigenvalue weighted by molar-refractivity contribution is 6.30. The second-order valence-electron chi connectivity index (χ2n) is 7.96. The maximum absolute atomic E-state index is 13.5. The molecule has 2 fully saturated rings. The highest BCUT2D eigenvalue weighted by Gasteiger charge is 2.56. The van der Waals surface area contributed by atoms with E-state index in [0.29, 0.717) is 5.02 Å². The number of rotatable bonds is 3. The topological polar surface area (TPSA) is 64.6 Å². The van der Waals surface area contributed by atoms with Crippen LogP contribution in [0.2, 0.25) is 5.02 Å². The van der Waals surface area contributed by atoms with Crippen molar-refractivity contribution in [1.29, 1.82) is 0 Å². The lowest BCUT2D eigenvalue weighted by atomic mass is 9.83. The van der Waals surface area contributed by atoms with E-state index in [0.717, 1.165) is 16.8 Å². The molecule has 6 heteroatoms. The number of hydrogen-bond donors (Lipinski definition) is 3. The average molecular weight is 420 g/mol. The van der Waals surface area contributed by atoms with Crippen molar-refractivity contribution in [1.82, 2.24) is 10.9 Å². The lowest BCUT2D eigenvalue weighted by Crippen LogP contribution is -2.41.